The van der Waals surface area contributed by atoms with E-state index in [1.54, 1.807) is 0 Å². The molecule has 0 saturated carbocycles. The zero-order chi connectivity index (χ0) is 4.83. The van der Waals surface area contributed by atoms with Crippen LogP contribution >= 0.6 is 0 Å². The van der Waals surface area contributed by atoms with Crippen molar-refractivity contribution in [2.75, 3.05) is 6.54 Å². The van der Waals surface area contributed by atoms with Gasteiger partial charge in [-0.2, -0.15) is 0 Å². The molecule has 1 nitrogen and oxygen atoms in total. The molecule has 0 saturated heterocycles. The van der Waals surface area contributed by atoms with Crippen LogP contribution in [0.25, 0.3) is 0 Å². The first-order chi connectivity index (χ1) is 2.91. The first-order valence-electron chi connectivity index (χ1n) is 2.10. The number of hydrogen-bond donors (Lipinski definition) is 1. The minimum Gasteiger partial charge on any atom is -0.357 e. The van der Waals surface area contributed by atoms with Gasteiger partial charge in [0.1, 0.15) is 0 Å². The van der Waals surface area contributed by atoms with Crippen LogP contribution in [0.1, 0.15) is 13.3 Å². The Morgan fingerprint density at radius 3 is 2.50 bits per heavy atom. The van der Waals surface area contributed by atoms with Crippen LogP contribution in [0.5, 0.6) is 0 Å². The van der Waals surface area contributed by atoms with E-state index in [0.717, 1.165) is 13.0 Å². The van der Waals surface area contributed by atoms with E-state index in [2.05, 4.69) is 17.6 Å². The highest BCUT2D eigenvalue weighted by atomic mass is 14.5. The first-order valence-corrected chi connectivity index (χ1v) is 2.10. The average Bonchev–Trinajstić information content (AvgIpc) is 1.61. The van der Waals surface area contributed by atoms with Crippen LogP contribution in [0.2, 0.25) is 0 Å². The lowest BCUT2D eigenvalue weighted by atomic mass is 10.4. The van der Waals surface area contributed by atoms with Crippen molar-refractivity contribution in [3.8, 4) is 11.8 Å². The van der Waals surface area contributed by atoms with Gasteiger partial charge in [0.2, 0.25) is 0 Å². The van der Waals surface area contributed by atoms with Crippen molar-refractivity contribution in [3.05, 3.63) is 0 Å². The number of rotatable bonds is 1. The maximum atomic E-state index is 3.62. The van der Waals surface area contributed by atoms with Gasteiger partial charge >= 0.3 is 0 Å². The highest BCUT2D eigenvalue weighted by Crippen LogP contribution is 1.61. The Kier molecular flexibility index (Phi) is 4.16. The fourth-order valence-corrected chi connectivity index (χ4v) is 0.213. The van der Waals surface area contributed by atoms with Gasteiger partial charge in [-0.25, -0.2) is 0 Å². The zero-order valence-electron chi connectivity index (χ0n) is 4.12. The summed E-state index contributed by atoms with van der Waals surface area (Å²) in [6.45, 7) is 2.77. The maximum Gasteiger partial charge on any atom is 0.0850 e. The molecule has 0 unspecified atom stereocenters. The van der Waals surface area contributed by atoms with E-state index in [1.807, 2.05) is 6.92 Å². The zero-order valence-corrected chi connectivity index (χ0v) is 4.12. The molecule has 0 aromatic heterocycles. The minimum atomic E-state index is 0.931. The standard InChI is InChI=1S/C5H9N/c1-2-3-4-5-6/h4-6H2,1H3/p+1. The van der Waals surface area contributed by atoms with Crippen LogP contribution < -0.4 is 5.73 Å². The molecule has 0 aromatic rings. The second-order valence-corrected chi connectivity index (χ2v) is 1.03. The Labute approximate surface area is 38.5 Å². The van der Waals surface area contributed by atoms with E-state index >= 15 is 0 Å². The average molecular weight is 84.1 g/mol. The van der Waals surface area contributed by atoms with Gasteiger partial charge in [0.25, 0.3) is 0 Å². The third kappa shape index (κ3) is 3.52. The fourth-order valence-electron chi connectivity index (χ4n) is 0.213. The SMILES string of the molecule is CC#CCC[NH3+]. The van der Waals surface area contributed by atoms with Gasteiger partial charge in [0, 0.05) is 0 Å². The summed E-state index contributed by atoms with van der Waals surface area (Å²) in [7, 11) is 0. The summed E-state index contributed by atoms with van der Waals surface area (Å²) in [4.78, 5) is 0. The molecular formula is C5H10N+. The van der Waals surface area contributed by atoms with E-state index in [9.17, 15) is 0 Å². The lowest BCUT2D eigenvalue weighted by Gasteiger charge is -1.70. The van der Waals surface area contributed by atoms with Crippen LogP contribution in [0.4, 0.5) is 0 Å². The van der Waals surface area contributed by atoms with Gasteiger partial charge < -0.3 is 5.73 Å². The molecule has 0 bridgehead atoms. The highest BCUT2D eigenvalue weighted by Gasteiger charge is 1.66. The smallest absolute Gasteiger partial charge is 0.0850 e. The summed E-state index contributed by atoms with van der Waals surface area (Å²) in [5.41, 5.74) is 3.62. The molecule has 6 heavy (non-hydrogen) atoms. The molecule has 0 fully saturated rings. The molecule has 0 aliphatic carbocycles. The molecular weight excluding hydrogens is 74.1 g/mol. The Bertz CT molecular complexity index is 65.7. The summed E-state index contributed by atoms with van der Waals surface area (Å²) >= 11 is 0. The topological polar surface area (TPSA) is 27.6 Å². The van der Waals surface area contributed by atoms with Crippen molar-refractivity contribution in [2.24, 2.45) is 0 Å². The van der Waals surface area contributed by atoms with Gasteiger partial charge in [-0.15, -0.1) is 5.92 Å². The highest BCUT2D eigenvalue weighted by molar-refractivity contribution is 4.93. The Morgan fingerprint density at radius 2 is 2.33 bits per heavy atom. The normalized spacial score (nSPS) is 6.33. The lowest BCUT2D eigenvalue weighted by molar-refractivity contribution is -0.365. The van der Waals surface area contributed by atoms with Crippen molar-refractivity contribution in [1.82, 2.24) is 0 Å². The summed E-state index contributed by atoms with van der Waals surface area (Å²) in [6, 6.07) is 0. The Morgan fingerprint density at radius 1 is 1.67 bits per heavy atom. The summed E-state index contributed by atoms with van der Waals surface area (Å²) in [5.74, 6) is 5.66. The van der Waals surface area contributed by atoms with Crippen LogP contribution in [0.15, 0.2) is 0 Å². The largest absolute Gasteiger partial charge is 0.357 e. The van der Waals surface area contributed by atoms with E-state index in [4.69, 9.17) is 0 Å². The van der Waals surface area contributed by atoms with Gasteiger partial charge in [-0.05, 0) is 6.92 Å². The predicted octanol–water partition coefficient (Wildman–Crippen LogP) is -0.358. The van der Waals surface area contributed by atoms with Gasteiger partial charge in [0.05, 0.1) is 13.0 Å². The molecule has 0 aromatic carbocycles. The van der Waals surface area contributed by atoms with Crippen molar-refractivity contribution in [2.45, 2.75) is 13.3 Å². The predicted molar refractivity (Wildman–Crippen MR) is 25.8 cm³/mol. The molecule has 0 rings (SSSR count). The van der Waals surface area contributed by atoms with Crippen LogP contribution in [-0.2, 0) is 0 Å². The van der Waals surface area contributed by atoms with E-state index in [0.29, 0.717) is 0 Å². The van der Waals surface area contributed by atoms with Gasteiger partial charge in [-0.3, -0.25) is 0 Å². The van der Waals surface area contributed by atoms with Crippen molar-refractivity contribution in [3.63, 3.8) is 0 Å². The minimum absolute atomic E-state index is 0.931. The van der Waals surface area contributed by atoms with Crippen LogP contribution in [0.3, 0.4) is 0 Å². The summed E-state index contributed by atoms with van der Waals surface area (Å²) < 4.78 is 0. The van der Waals surface area contributed by atoms with E-state index in [-0.39, 0.29) is 0 Å². The molecule has 0 heterocycles. The van der Waals surface area contributed by atoms with E-state index in [1.165, 1.54) is 0 Å². The third-order valence-corrected chi connectivity index (χ3v) is 0.479. The molecule has 34 valence electrons. The summed E-state index contributed by atoms with van der Waals surface area (Å²) in [5, 5.41) is 0. The second-order valence-electron chi connectivity index (χ2n) is 1.03. The molecule has 0 aliphatic rings. The van der Waals surface area contributed by atoms with Crippen LogP contribution in [0, 0.1) is 11.8 Å². The van der Waals surface area contributed by atoms with Crippen molar-refractivity contribution in [1.29, 1.82) is 0 Å². The fraction of sp³-hybridized carbons (Fsp3) is 0.600. The monoisotopic (exact) mass is 84.1 g/mol. The van der Waals surface area contributed by atoms with E-state index < -0.39 is 0 Å². The van der Waals surface area contributed by atoms with Crippen molar-refractivity contribution >= 4 is 0 Å². The quantitative estimate of drug-likeness (QED) is 0.420. The molecule has 0 atom stereocenters. The number of hydrogen-bond acceptors (Lipinski definition) is 0. The maximum absolute atomic E-state index is 3.62. The van der Waals surface area contributed by atoms with Crippen molar-refractivity contribution < 1.29 is 5.73 Å². The lowest BCUT2D eigenvalue weighted by Crippen LogP contribution is -2.49. The molecule has 0 spiro atoms. The third-order valence-electron chi connectivity index (χ3n) is 0.479. The van der Waals surface area contributed by atoms with Gasteiger partial charge in [-0.1, -0.05) is 5.92 Å². The number of quaternary nitrogens is 1. The Hall–Kier alpha value is -0.480. The van der Waals surface area contributed by atoms with Crippen LogP contribution in [-0.4, -0.2) is 6.54 Å². The first kappa shape index (κ1) is 5.52. The molecule has 0 aliphatic heterocycles. The van der Waals surface area contributed by atoms with Gasteiger partial charge in [0.15, 0.2) is 0 Å². The molecule has 3 N–H and O–H groups in total. The summed E-state index contributed by atoms with van der Waals surface area (Å²) in [6.07, 6.45) is 0.941. The molecule has 1 heteroatoms. The second kappa shape index (κ2) is 4.52. The molecule has 0 amide bonds. The molecule has 0 radical (unpaired) electrons. The Balaban J connectivity index is 2.79.